The van der Waals surface area contributed by atoms with Gasteiger partial charge < -0.3 is 20.5 Å². The molecule has 3 N–H and O–H groups in total. The molecule has 1 aliphatic heterocycles. The highest BCUT2D eigenvalue weighted by atomic mass is 16.6. The van der Waals surface area contributed by atoms with Gasteiger partial charge in [-0.3, -0.25) is 0 Å². The molecule has 100 valence electrons. The van der Waals surface area contributed by atoms with Crippen LogP contribution in [0.5, 0.6) is 0 Å². The number of rotatable bonds is 2. The molecule has 2 atom stereocenters. The highest BCUT2D eigenvalue weighted by Gasteiger charge is 2.30. The zero-order valence-corrected chi connectivity index (χ0v) is 11.0. The lowest BCUT2D eigenvalue weighted by Crippen LogP contribution is -2.46. The van der Waals surface area contributed by atoms with Crippen LogP contribution in [0.15, 0.2) is 0 Å². The van der Waals surface area contributed by atoms with E-state index in [4.69, 9.17) is 10.5 Å². The first kappa shape index (κ1) is 14.3. The van der Waals surface area contributed by atoms with Crippen LogP contribution in [0, 0.1) is 5.92 Å². The molecule has 1 fully saturated rings. The van der Waals surface area contributed by atoms with Crippen molar-refractivity contribution in [2.75, 3.05) is 19.6 Å². The van der Waals surface area contributed by atoms with Crippen LogP contribution in [0.3, 0.4) is 0 Å². The molecule has 0 unspecified atom stereocenters. The second-order valence-corrected chi connectivity index (χ2v) is 5.63. The molecule has 1 aliphatic rings. The molecule has 0 aromatic carbocycles. The zero-order chi connectivity index (χ0) is 13.1. The molecule has 1 saturated heterocycles. The number of nitrogens with two attached hydrogens (primary N) is 1. The molecule has 0 spiro atoms. The van der Waals surface area contributed by atoms with E-state index in [-0.39, 0.29) is 18.6 Å². The Hall–Kier alpha value is -0.810. The van der Waals surface area contributed by atoms with Gasteiger partial charge in [0.2, 0.25) is 0 Å². The standard InChI is InChI=1S/C12H24N2O3/c1-12(2,3)17-11(16)14-6-4-5-9(8-14)10(15)7-13/h9-10,15H,4-8,13H2,1-3H3/t9-,10-/m0/s1. The topological polar surface area (TPSA) is 75.8 Å². The molecule has 1 amide bonds. The van der Waals surface area contributed by atoms with Crippen molar-refractivity contribution in [3.05, 3.63) is 0 Å². The first-order valence-corrected chi connectivity index (χ1v) is 6.19. The second-order valence-electron chi connectivity index (χ2n) is 5.63. The minimum absolute atomic E-state index is 0.0706. The number of ether oxygens (including phenoxy) is 1. The molecule has 0 aliphatic carbocycles. The van der Waals surface area contributed by atoms with Crippen molar-refractivity contribution in [3.8, 4) is 0 Å². The normalized spacial score (nSPS) is 23.4. The number of carbonyl (C=O) groups is 1. The van der Waals surface area contributed by atoms with Crippen LogP contribution >= 0.6 is 0 Å². The Morgan fingerprint density at radius 2 is 2.24 bits per heavy atom. The summed E-state index contributed by atoms with van der Waals surface area (Å²) in [5, 5.41) is 9.71. The summed E-state index contributed by atoms with van der Waals surface area (Å²) in [6.07, 6.45) is 0.977. The highest BCUT2D eigenvalue weighted by molar-refractivity contribution is 5.68. The first-order valence-electron chi connectivity index (χ1n) is 6.19. The van der Waals surface area contributed by atoms with Gasteiger partial charge in [0.05, 0.1) is 6.10 Å². The Kier molecular flexibility index (Phi) is 4.77. The number of likely N-dealkylation sites (tertiary alicyclic amines) is 1. The predicted molar refractivity (Wildman–Crippen MR) is 65.6 cm³/mol. The van der Waals surface area contributed by atoms with Crippen LogP contribution < -0.4 is 5.73 Å². The monoisotopic (exact) mass is 244 g/mol. The minimum atomic E-state index is -0.528. The molecule has 0 aromatic heterocycles. The molecule has 0 bridgehead atoms. The number of carbonyl (C=O) groups excluding carboxylic acids is 1. The van der Waals surface area contributed by atoms with E-state index in [0.717, 1.165) is 12.8 Å². The van der Waals surface area contributed by atoms with E-state index in [0.29, 0.717) is 13.1 Å². The van der Waals surface area contributed by atoms with Crippen LogP contribution in [0.4, 0.5) is 4.79 Å². The fourth-order valence-electron chi connectivity index (χ4n) is 2.01. The third kappa shape index (κ3) is 4.52. The summed E-state index contributed by atoms with van der Waals surface area (Å²) in [5.74, 6) is 0.0706. The Bertz CT molecular complexity index is 263. The van der Waals surface area contributed by atoms with E-state index < -0.39 is 11.7 Å². The first-order chi connectivity index (χ1) is 7.83. The maximum absolute atomic E-state index is 11.9. The van der Waals surface area contributed by atoms with Crippen molar-refractivity contribution in [1.82, 2.24) is 4.90 Å². The molecule has 0 radical (unpaired) electrons. The molecule has 0 aromatic rings. The lowest BCUT2D eigenvalue weighted by molar-refractivity contribution is 0.00414. The SMILES string of the molecule is CC(C)(C)OC(=O)N1CCC[C@H]([C@@H](O)CN)C1. The highest BCUT2D eigenvalue weighted by Crippen LogP contribution is 2.21. The number of piperidine rings is 1. The van der Waals surface area contributed by atoms with Gasteiger partial charge in [-0.15, -0.1) is 0 Å². The molecule has 1 heterocycles. The average molecular weight is 244 g/mol. The number of hydrogen-bond acceptors (Lipinski definition) is 4. The Morgan fingerprint density at radius 3 is 2.76 bits per heavy atom. The van der Waals surface area contributed by atoms with E-state index in [2.05, 4.69) is 0 Å². The van der Waals surface area contributed by atoms with Gasteiger partial charge in [-0.05, 0) is 33.6 Å². The molecular weight excluding hydrogens is 220 g/mol. The average Bonchev–Trinajstić information content (AvgIpc) is 2.26. The van der Waals surface area contributed by atoms with Crippen molar-refractivity contribution < 1.29 is 14.6 Å². The summed E-state index contributed by atoms with van der Waals surface area (Å²) in [6.45, 7) is 7.02. The van der Waals surface area contributed by atoms with Crippen molar-refractivity contribution in [1.29, 1.82) is 0 Å². The predicted octanol–water partition coefficient (Wildman–Crippen LogP) is 0.953. The van der Waals surface area contributed by atoms with E-state index >= 15 is 0 Å². The minimum Gasteiger partial charge on any atom is -0.444 e. The number of aliphatic hydroxyl groups is 1. The third-order valence-corrected chi connectivity index (χ3v) is 2.90. The van der Waals surface area contributed by atoms with Gasteiger partial charge in [-0.25, -0.2) is 4.79 Å². The zero-order valence-electron chi connectivity index (χ0n) is 11.0. The maximum atomic E-state index is 11.9. The number of amides is 1. The largest absolute Gasteiger partial charge is 0.444 e. The Morgan fingerprint density at radius 1 is 1.59 bits per heavy atom. The van der Waals surface area contributed by atoms with Crippen molar-refractivity contribution >= 4 is 6.09 Å². The lowest BCUT2D eigenvalue weighted by atomic mass is 9.93. The molecule has 5 nitrogen and oxygen atoms in total. The van der Waals surface area contributed by atoms with Crippen molar-refractivity contribution in [2.24, 2.45) is 11.7 Å². The fourth-order valence-corrected chi connectivity index (χ4v) is 2.01. The smallest absolute Gasteiger partial charge is 0.410 e. The van der Waals surface area contributed by atoms with Gasteiger partial charge in [0.1, 0.15) is 5.60 Å². The van der Waals surface area contributed by atoms with Gasteiger partial charge >= 0.3 is 6.09 Å². The summed E-state index contributed by atoms with van der Waals surface area (Å²) >= 11 is 0. The molecular formula is C12H24N2O3. The van der Waals surface area contributed by atoms with E-state index in [1.165, 1.54) is 0 Å². The summed E-state index contributed by atoms with van der Waals surface area (Å²) in [6, 6.07) is 0. The van der Waals surface area contributed by atoms with Gasteiger partial charge in [0.25, 0.3) is 0 Å². The molecule has 1 rings (SSSR count). The van der Waals surface area contributed by atoms with E-state index in [9.17, 15) is 9.90 Å². The van der Waals surface area contributed by atoms with Crippen molar-refractivity contribution in [3.63, 3.8) is 0 Å². The van der Waals surface area contributed by atoms with Gasteiger partial charge in [0.15, 0.2) is 0 Å². The van der Waals surface area contributed by atoms with Crippen LogP contribution in [0.2, 0.25) is 0 Å². The van der Waals surface area contributed by atoms with E-state index in [1.54, 1.807) is 4.90 Å². The fraction of sp³-hybridized carbons (Fsp3) is 0.917. The second kappa shape index (κ2) is 5.69. The van der Waals surface area contributed by atoms with E-state index in [1.807, 2.05) is 20.8 Å². The van der Waals surface area contributed by atoms with Crippen LogP contribution in [-0.4, -0.2) is 47.4 Å². The molecule has 17 heavy (non-hydrogen) atoms. The number of aliphatic hydroxyl groups excluding tert-OH is 1. The quantitative estimate of drug-likeness (QED) is 0.758. The molecule has 0 saturated carbocycles. The summed E-state index contributed by atoms with van der Waals surface area (Å²) in [5.41, 5.74) is 4.97. The van der Waals surface area contributed by atoms with Crippen LogP contribution in [-0.2, 0) is 4.74 Å². The summed E-state index contributed by atoms with van der Waals surface area (Å²) in [4.78, 5) is 13.5. The van der Waals surface area contributed by atoms with Crippen LogP contribution in [0.1, 0.15) is 33.6 Å². The Labute approximate surface area is 103 Å². The van der Waals surface area contributed by atoms with Gasteiger partial charge in [-0.1, -0.05) is 0 Å². The number of hydrogen-bond donors (Lipinski definition) is 2. The third-order valence-electron chi connectivity index (χ3n) is 2.90. The van der Waals surface area contributed by atoms with Gasteiger partial charge in [0, 0.05) is 25.6 Å². The molecule has 5 heteroatoms. The summed E-state index contributed by atoms with van der Waals surface area (Å²) < 4.78 is 5.31. The Balaban J connectivity index is 2.52. The maximum Gasteiger partial charge on any atom is 0.410 e. The van der Waals surface area contributed by atoms with Crippen molar-refractivity contribution in [2.45, 2.75) is 45.3 Å². The lowest BCUT2D eigenvalue weighted by Gasteiger charge is -2.35. The van der Waals surface area contributed by atoms with Crippen LogP contribution in [0.25, 0.3) is 0 Å². The summed E-state index contributed by atoms with van der Waals surface area (Å²) in [7, 11) is 0. The van der Waals surface area contributed by atoms with Gasteiger partial charge in [-0.2, -0.15) is 0 Å². The number of nitrogens with zero attached hydrogens (tertiary/aromatic N) is 1.